The zero-order valence-electron chi connectivity index (χ0n) is 14.9. The quantitative estimate of drug-likeness (QED) is 0.369. The van der Waals surface area contributed by atoms with Crippen LogP contribution in [0.25, 0.3) is 0 Å². The molecule has 0 saturated carbocycles. The van der Waals surface area contributed by atoms with Gasteiger partial charge in [-0.1, -0.05) is 19.9 Å². The van der Waals surface area contributed by atoms with E-state index in [0.717, 1.165) is 0 Å². The van der Waals surface area contributed by atoms with Gasteiger partial charge >= 0.3 is 29.8 Å². The molecule has 0 aromatic carbocycles. The molecular weight excluding hydrogens is 352 g/mol. The Kier molecular flexibility index (Phi) is 16.8. The van der Waals surface area contributed by atoms with Crippen molar-refractivity contribution in [3.63, 3.8) is 0 Å². The Morgan fingerprint density at radius 1 is 0.769 bits per heavy atom. The number of rotatable bonds is 9. The van der Waals surface area contributed by atoms with E-state index in [1.807, 2.05) is 0 Å². The second-order valence-electron chi connectivity index (χ2n) is 5.37. The van der Waals surface area contributed by atoms with Gasteiger partial charge in [0.2, 0.25) is 0 Å². The van der Waals surface area contributed by atoms with E-state index in [1.165, 1.54) is 19.9 Å². The zero-order chi connectivity index (χ0) is 21.4. The monoisotopic (exact) mass is 378 g/mol. The van der Waals surface area contributed by atoms with Crippen molar-refractivity contribution < 1.29 is 49.5 Å². The van der Waals surface area contributed by atoms with E-state index < -0.39 is 47.6 Å². The molecular formula is C16H26O10. The van der Waals surface area contributed by atoms with Crippen LogP contribution in [0.3, 0.4) is 0 Å². The van der Waals surface area contributed by atoms with E-state index in [2.05, 4.69) is 6.58 Å². The van der Waals surface area contributed by atoms with Crippen molar-refractivity contribution in [2.24, 2.45) is 17.8 Å². The van der Waals surface area contributed by atoms with Gasteiger partial charge in [-0.25, -0.2) is 0 Å². The molecule has 0 spiro atoms. The van der Waals surface area contributed by atoms with Crippen molar-refractivity contribution in [3.05, 3.63) is 12.7 Å². The van der Waals surface area contributed by atoms with Gasteiger partial charge in [0.25, 0.3) is 0 Å². The standard InChI is InChI=1S/C6H10O4.C5H8O4.C5H8O2/c1-4(6(9)10)2-3-5(7)8;1-3(5(8)9)2-4(6)7;1-3-4(2)5(6)7/h4H,2-3H2,1H3,(H,7,8)(H,9,10);3H,2H2,1H3,(H,6,7)(H,8,9);3-4H,1H2,2H3,(H,6,7). The normalized spacial score (nSPS) is 12.6. The number of aliphatic carboxylic acids is 5. The summed E-state index contributed by atoms with van der Waals surface area (Å²) in [5.74, 6) is -6.63. The summed E-state index contributed by atoms with van der Waals surface area (Å²) in [6.07, 6.45) is 1.20. The number of carboxylic acids is 5. The van der Waals surface area contributed by atoms with Crippen molar-refractivity contribution in [2.75, 3.05) is 0 Å². The Hall–Kier alpha value is -2.91. The average Bonchev–Trinajstić information content (AvgIpc) is 2.51. The summed E-state index contributed by atoms with van der Waals surface area (Å²) in [4.78, 5) is 49.7. The molecule has 0 amide bonds. The van der Waals surface area contributed by atoms with E-state index in [-0.39, 0.29) is 19.3 Å². The predicted octanol–water partition coefficient (Wildman–Crippen LogP) is 1.65. The summed E-state index contributed by atoms with van der Waals surface area (Å²) in [7, 11) is 0. The maximum Gasteiger partial charge on any atom is 0.310 e. The maximum absolute atomic E-state index is 10.1. The highest BCUT2D eigenvalue weighted by molar-refractivity contribution is 5.77. The summed E-state index contributed by atoms with van der Waals surface area (Å²) >= 11 is 0. The Morgan fingerprint density at radius 2 is 1.19 bits per heavy atom. The summed E-state index contributed by atoms with van der Waals surface area (Å²) in [5, 5.41) is 40.8. The van der Waals surface area contributed by atoms with Gasteiger partial charge in [0.1, 0.15) is 0 Å². The van der Waals surface area contributed by atoms with Crippen LogP contribution in [0, 0.1) is 17.8 Å². The Morgan fingerprint density at radius 3 is 1.35 bits per heavy atom. The first-order valence-electron chi connectivity index (χ1n) is 7.50. The zero-order valence-corrected chi connectivity index (χ0v) is 14.9. The number of carboxylic acid groups (broad SMARTS) is 5. The molecule has 0 bridgehead atoms. The van der Waals surface area contributed by atoms with Crippen LogP contribution in [-0.4, -0.2) is 55.4 Å². The molecule has 0 saturated heterocycles. The van der Waals surface area contributed by atoms with Gasteiger partial charge in [-0.05, 0) is 13.3 Å². The smallest absolute Gasteiger partial charge is 0.310 e. The highest BCUT2D eigenvalue weighted by atomic mass is 16.4. The number of carbonyl (C=O) groups is 5. The van der Waals surface area contributed by atoms with Crippen LogP contribution in [-0.2, 0) is 24.0 Å². The summed E-state index contributed by atoms with van der Waals surface area (Å²) < 4.78 is 0. The SMILES string of the molecule is C=CC(C)C(=O)O.CC(CC(=O)O)C(=O)O.CC(CCC(=O)O)C(=O)O. The van der Waals surface area contributed by atoms with E-state index in [1.54, 1.807) is 6.92 Å². The molecule has 3 atom stereocenters. The Bertz CT molecular complexity index is 497. The third-order valence-electron chi connectivity index (χ3n) is 2.86. The lowest BCUT2D eigenvalue weighted by Crippen LogP contribution is -2.13. The van der Waals surface area contributed by atoms with Gasteiger partial charge in [0.05, 0.1) is 24.2 Å². The molecule has 10 heteroatoms. The largest absolute Gasteiger partial charge is 0.481 e. The number of hydrogen-bond acceptors (Lipinski definition) is 5. The van der Waals surface area contributed by atoms with Gasteiger partial charge < -0.3 is 25.5 Å². The third-order valence-corrected chi connectivity index (χ3v) is 2.86. The summed E-state index contributed by atoms with van der Waals surface area (Å²) in [5.41, 5.74) is 0. The van der Waals surface area contributed by atoms with E-state index in [9.17, 15) is 24.0 Å². The van der Waals surface area contributed by atoms with Crippen LogP contribution in [0.1, 0.15) is 40.0 Å². The lowest BCUT2D eigenvalue weighted by molar-refractivity contribution is -0.147. The van der Waals surface area contributed by atoms with E-state index in [4.69, 9.17) is 25.5 Å². The van der Waals surface area contributed by atoms with Gasteiger partial charge in [-0.3, -0.25) is 24.0 Å². The van der Waals surface area contributed by atoms with Crippen LogP contribution in [0.15, 0.2) is 12.7 Å². The van der Waals surface area contributed by atoms with Crippen LogP contribution in [0.4, 0.5) is 0 Å². The predicted molar refractivity (Wildman–Crippen MR) is 89.7 cm³/mol. The van der Waals surface area contributed by atoms with Crippen LogP contribution in [0.2, 0.25) is 0 Å². The minimum Gasteiger partial charge on any atom is -0.481 e. The second-order valence-corrected chi connectivity index (χ2v) is 5.37. The highest BCUT2D eigenvalue weighted by Gasteiger charge is 2.14. The first kappa shape index (κ1) is 27.9. The van der Waals surface area contributed by atoms with E-state index >= 15 is 0 Å². The maximum atomic E-state index is 10.1. The van der Waals surface area contributed by atoms with Crippen molar-refractivity contribution in [3.8, 4) is 0 Å². The third kappa shape index (κ3) is 21.1. The minimum atomic E-state index is -1.08. The van der Waals surface area contributed by atoms with Gasteiger partial charge in [0, 0.05) is 6.42 Å². The Balaban J connectivity index is -0.000000310. The molecule has 0 rings (SSSR count). The molecule has 0 aromatic heterocycles. The number of hydrogen-bond donors (Lipinski definition) is 5. The lowest BCUT2D eigenvalue weighted by atomic mass is 10.1. The fraction of sp³-hybridized carbons (Fsp3) is 0.562. The van der Waals surface area contributed by atoms with Crippen molar-refractivity contribution in [2.45, 2.75) is 40.0 Å². The summed E-state index contributed by atoms with van der Waals surface area (Å²) in [6, 6.07) is 0. The van der Waals surface area contributed by atoms with Crippen molar-refractivity contribution in [1.82, 2.24) is 0 Å². The molecule has 10 nitrogen and oxygen atoms in total. The van der Waals surface area contributed by atoms with Crippen molar-refractivity contribution in [1.29, 1.82) is 0 Å². The van der Waals surface area contributed by atoms with Crippen LogP contribution < -0.4 is 0 Å². The molecule has 3 unspecified atom stereocenters. The highest BCUT2D eigenvalue weighted by Crippen LogP contribution is 2.04. The lowest BCUT2D eigenvalue weighted by Gasteiger charge is -2.01. The molecule has 0 fully saturated rings. The molecule has 0 aliphatic rings. The average molecular weight is 378 g/mol. The topological polar surface area (TPSA) is 186 Å². The molecule has 0 heterocycles. The molecule has 26 heavy (non-hydrogen) atoms. The second kappa shape index (κ2) is 15.6. The molecule has 5 N–H and O–H groups in total. The fourth-order valence-corrected chi connectivity index (χ4v) is 0.914. The first-order chi connectivity index (χ1) is 11.8. The molecule has 0 aliphatic heterocycles. The van der Waals surface area contributed by atoms with Gasteiger partial charge in [0.15, 0.2) is 0 Å². The first-order valence-corrected chi connectivity index (χ1v) is 7.50. The molecule has 0 aromatic rings. The van der Waals surface area contributed by atoms with Crippen LogP contribution in [0.5, 0.6) is 0 Å². The van der Waals surface area contributed by atoms with Crippen LogP contribution >= 0.6 is 0 Å². The van der Waals surface area contributed by atoms with Crippen molar-refractivity contribution >= 4 is 29.8 Å². The molecule has 0 aliphatic carbocycles. The molecule has 150 valence electrons. The fourth-order valence-electron chi connectivity index (χ4n) is 0.914. The Labute approximate surface area is 150 Å². The summed E-state index contributed by atoms with van der Waals surface area (Å²) in [6.45, 7) is 7.73. The van der Waals surface area contributed by atoms with E-state index in [0.29, 0.717) is 0 Å². The minimum absolute atomic E-state index is 0.0759. The van der Waals surface area contributed by atoms with Gasteiger partial charge in [-0.2, -0.15) is 0 Å². The molecule has 0 radical (unpaired) electrons. The van der Waals surface area contributed by atoms with Gasteiger partial charge in [-0.15, -0.1) is 6.58 Å².